The number of amides is 2. The van der Waals surface area contributed by atoms with Gasteiger partial charge in [-0.15, -0.1) is 0 Å². The summed E-state index contributed by atoms with van der Waals surface area (Å²) in [4.78, 5) is 50.6. The summed E-state index contributed by atoms with van der Waals surface area (Å²) >= 11 is 0. The van der Waals surface area contributed by atoms with Crippen LogP contribution in [0, 0.1) is 23.7 Å². The van der Waals surface area contributed by atoms with Crippen LogP contribution in [0.1, 0.15) is 85.5 Å². The lowest BCUT2D eigenvalue weighted by molar-refractivity contribution is -0.156. The van der Waals surface area contributed by atoms with Gasteiger partial charge in [-0.2, -0.15) is 0 Å². The number of hydrogen-bond donors (Lipinski definition) is 2. The molecular weight excluding hydrogens is 560 g/mol. The third kappa shape index (κ3) is 9.69. The summed E-state index contributed by atoms with van der Waals surface area (Å²) in [5.41, 5.74) is 0. The summed E-state index contributed by atoms with van der Waals surface area (Å²) in [6.07, 6.45) is 5.54. The van der Waals surface area contributed by atoms with E-state index in [1.54, 1.807) is 0 Å². The van der Waals surface area contributed by atoms with Crippen molar-refractivity contribution in [3.8, 4) is 0 Å². The second kappa shape index (κ2) is 17.0. The molecule has 2 heterocycles. The molecule has 0 spiro atoms. The Kier molecular flexibility index (Phi) is 13.8. The molecule has 12 nitrogen and oxygen atoms in total. The van der Waals surface area contributed by atoms with Crippen molar-refractivity contribution in [2.45, 2.75) is 122 Å². The Labute approximate surface area is 255 Å². The van der Waals surface area contributed by atoms with Crippen molar-refractivity contribution < 1.29 is 47.6 Å². The fraction of sp³-hybridized carbons (Fsp3) is 0.871. The third-order valence-corrected chi connectivity index (χ3v) is 9.22. The minimum Gasteiger partial charge on any atom is -0.464 e. The molecule has 1 saturated carbocycles. The van der Waals surface area contributed by atoms with Gasteiger partial charge in [0.15, 0.2) is 0 Å². The van der Waals surface area contributed by atoms with Gasteiger partial charge in [-0.1, -0.05) is 26.7 Å². The van der Waals surface area contributed by atoms with Crippen LogP contribution in [-0.4, -0.2) is 88.1 Å². The highest BCUT2D eigenvalue weighted by molar-refractivity contribution is 5.82. The highest BCUT2D eigenvalue weighted by Gasteiger charge is 2.47. The zero-order valence-electron chi connectivity index (χ0n) is 26.6. The van der Waals surface area contributed by atoms with Gasteiger partial charge in [0.2, 0.25) is 0 Å². The maximum atomic E-state index is 13.2. The first-order valence-corrected chi connectivity index (χ1v) is 15.9. The van der Waals surface area contributed by atoms with Gasteiger partial charge in [-0.3, -0.25) is 0 Å². The molecule has 10 atom stereocenters. The van der Waals surface area contributed by atoms with Crippen LogP contribution in [0.4, 0.5) is 9.59 Å². The summed E-state index contributed by atoms with van der Waals surface area (Å²) < 4.78 is 32.9. The van der Waals surface area contributed by atoms with Crippen molar-refractivity contribution >= 4 is 24.1 Å². The van der Waals surface area contributed by atoms with Gasteiger partial charge >= 0.3 is 24.1 Å². The summed E-state index contributed by atoms with van der Waals surface area (Å²) in [6, 6.07) is -1.69. The Balaban J connectivity index is 1.51. The van der Waals surface area contributed by atoms with Crippen LogP contribution in [0.3, 0.4) is 0 Å². The van der Waals surface area contributed by atoms with Crippen molar-refractivity contribution in [1.29, 1.82) is 0 Å². The molecule has 0 aromatic carbocycles. The smallest absolute Gasteiger partial charge is 0.407 e. The maximum Gasteiger partial charge on any atom is 0.407 e. The molecule has 43 heavy (non-hydrogen) atoms. The largest absolute Gasteiger partial charge is 0.464 e. The molecule has 2 saturated heterocycles. The lowest BCUT2D eigenvalue weighted by Gasteiger charge is -2.42. The predicted molar refractivity (Wildman–Crippen MR) is 156 cm³/mol. The number of fused-ring (bicyclic) bond motifs is 1. The molecule has 10 unspecified atom stereocenters. The molecule has 2 N–H and O–H groups in total. The molecule has 3 rings (SSSR count). The molecule has 0 aromatic rings. The van der Waals surface area contributed by atoms with Gasteiger partial charge in [0.05, 0.1) is 51.8 Å². The molecule has 2 amide bonds. The Bertz CT molecular complexity index is 932. The predicted octanol–water partition coefficient (Wildman–Crippen LogP) is 4.13. The van der Waals surface area contributed by atoms with E-state index in [0.717, 1.165) is 32.1 Å². The second-order valence-electron chi connectivity index (χ2n) is 12.3. The molecule has 2 aliphatic heterocycles. The standard InChI is InChI=1S/C31H52N2O10/c1-7-11-24-20(4)22(16-18(2)42-24)26(32-30(36)38-5)28(34)40-14-8-9-15-41-29(35)27(33-31(37)39-6)23-17-19(3)43-25-13-10-12-21(23)25/h18-27H,7-17H2,1-6H3,(H,32,36)(H,33,37). The van der Waals surface area contributed by atoms with Crippen LogP contribution in [0.5, 0.6) is 0 Å². The minimum absolute atomic E-state index is 0.00965. The van der Waals surface area contributed by atoms with Crippen molar-refractivity contribution in [3.05, 3.63) is 0 Å². The molecular formula is C31H52N2O10. The topological polar surface area (TPSA) is 148 Å². The van der Waals surface area contributed by atoms with Crippen molar-refractivity contribution in [1.82, 2.24) is 10.6 Å². The lowest BCUT2D eigenvalue weighted by Crippen LogP contribution is -2.53. The molecule has 0 bridgehead atoms. The van der Waals surface area contributed by atoms with Crippen molar-refractivity contribution in [2.75, 3.05) is 27.4 Å². The minimum atomic E-state index is -0.864. The van der Waals surface area contributed by atoms with Gasteiger partial charge in [0, 0.05) is 0 Å². The van der Waals surface area contributed by atoms with Crippen LogP contribution in [0.2, 0.25) is 0 Å². The van der Waals surface area contributed by atoms with E-state index in [1.165, 1.54) is 14.2 Å². The Morgan fingerprint density at radius 1 is 0.791 bits per heavy atom. The average molecular weight is 613 g/mol. The number of hydrogen-bond acceptors (Lipinski definition) is 10. The van der Waals surface area contributed by atoms with Crippen molar-refractivity contribution in [2.24, 2.45) is 23.7 Å². The van der Waals surface area contributed by atoms with Crippen LogP contribution >= 0.6 is 0 Å². The van der Waals surface area contributed by atoms with Crippen LogP contribution < -0.4 is 10.6 Å². The van der Waals surface area contributed by atoms with Gasteiger partial charge < -0.3 is 39.1 Å². The van der Waals surface area contributed by atoms with Crippen LogP contribution in [0.15, 0.2) is 0 Å². The SMILES string of the molecule is CCCC1OC(C)CC(C(NC(=O)OC)C(=O)OCCCCOC(=O)C(NC(=O)OC)C2CC(C)OC3CCCC32)C1C. The lowest BCUT2D eigenvalue weighted by atomic mass is 9.76. The molecule has 0 aromatic heterocycles. The van der Waals surface area contributed by atoms with E-state index in [1.807, 2.05) is 20.8 Å². The summed E-state index contributed by atoms with van der Waals surface area (Å²) in [5.74, 6) is -1.08. The summed E-state index contributed by atoms with van der Waals surface area (Å²) in [5, 5.41) is 5.39. The quantitative estimate of drug-likeness (QED) is 0.177. The fourth-order valence-electron chi connectivity index (χ4n) is 7.10. The van der Waals surface area contributed by atoms with E-state index >= 15 is 0 Å². The van der Waals surface area contributed by atoms with E-state index in [0.29, 0.717) is 25.7 Å². The van der Waals surface area contributed by atoms with Crippen LogP contribution in [0.25, 0.3) is 0 Å². The van der Waals surface area contributed by atoms with Gasteiger partial charge in [0.1, 0.15) is 12.1 Å². The van der Waals surface area contributed by atoms with Crippen LogP contribution in [-0.2, 0) is 38.0 Å². The number of methoxy groups -OCH3 is 2. The molecule has 3 aliphatic rings. The fourth-order valence-corrected chi connectivity index (χ4v) is 7.10. The summed E-state index contributed by atoms with van der Waals surface area (Å²) in [6.45, 7) is 8.31. The van der Waals surface area contributed by atoms with Gasteiger partial charge in [-0.25, -0.2) is 19.2 Å². The molecule has 12 heteroatoms. The van der Waals surface area contributed by atoms with Gasteiger partial charge in [-0.05, 0) is 82.5 Å². The van der Waals surface area contributed by atoms with Crippen molar-refractivity contribution in [3.63, 3.8) is 0 Å². The van der Waals surface area contributed by atoms with E-state index in [2.05, 4.69) is 17.6 Å². The molecule has 246 valence electrons. The first-order chi connectivity index (χ1) is 20.6. The highest BCUT2D eigenvalue weighted by Crippen LogP contribution is 2.43. The zero-order valence-corrected chi connectivity index (χ0v) is 26.6. The number of unbranched alkanes of at least 4 members (excludes halogenated alkanes) is 1. The number of nitrogens with one attached hydrogen (secondary N) is 2. The number of rotatable bonds is 13. The first-order valence-electron chi connectivity index (χ1n) is 15.9. The zero-order chi connectivity index (χ0) is 31.5. The van der Waals surface area contributed by atoms with E-state index < -0.39 is 36.2 Å². The number of ether oxygens (including phenoxy) is 6. The number of carbonyl (C=O) groups excluding carboxylic acids is 4. The second-order valence-corrected chi connectivity index (χ2v) is 12.3. The monoisotopic (exact) mass is 612 g/mol. The van der Waals surface area contributed by atoms with Gasteiger partial charge in [0.25, 0.3) is 0 Å². The first kappa shape index (κ1) is 34.9. The number of alkyl carbamates (subject to hydrolysis) is 2. The number of esters is 2. The Morgan fingerprint density at radius 3 is 1.88 bits per heavy atom. The number of carbonyl (C=O) groups is 4. The normalized spacial score (nSPS) is 31.6. The maximum absolute atomic E-state index is 13.2. The molecule has 0 radical (unpaired) electrons. The molecule has 1 aliphatic carbocycles. The Hall–Kier alpha value is -2.60. The third-order valence-electron chi connectivity index (χ3n) is 9.22. The highest BCUT2D eigenvalue weighted by atomic mass is 16.6. The van der Waals surface area contributed by atoms with E-state index in [9.17, 15) is 19.2 Å². The molecule has 3 fully saturated rings. The summed E-state index contributed by atoms with van der Waals surface area (Å²) in [7, 11) is 2.52. The van der Waals surface area contributed by atoms with E-state index in [-0.39, 0.29) is 61.3 Å². The van der Waals surface area contributed by atoms with E-state index in [4.69, 9.17) is 28.4 Å². The Morgan fingerprint density at radius 2 is 1.33 bits per heavy atom. The average Bonchev–Trinajstić information content (AvgIpc) is 3.45.